The summed E-state index contributed by atoms with van der Waals surface area (Å²) in [6, 6.07) is 13.1. The van der Waals surface area contributed by atoms with Gasteiger partial charge in [-0.2, -0.15) is 6.07 Å². The van der Waals surface area contributed by atoms with E-state index < -0.39 is 0 Å². The molecule has 0 bridgehead atoms. The quantitative estimate of drug-likeness (QED) is 0.495. The minimum atomic E-state index is 0. The first-order chi connectivity index (χ1) is 6.42. The Hall–Kier alpha value is 0.280. The molecule has 88 valence electrons. The van der Waals surface area contributed by atoms with Crippen LogP contribution < -0.4 is 0 Å². The Balaban J connectivity index is 0. The van der Waals surface area contributed by atoms with Crippen molar-refractivity contribution in [2.75, 3.05) is 0 Å². The third-order valence-electron chi connectivity index (χ3n) is 2.57. The van der Waals surface area contributed by atoms with E-state index in [-0.39, 0.29) is 50.7 Å². The van der Waals surface area contributed by atoms with Gasteiger partial charge in [-0.25, -0.2) is 0 Å². The van der Waals surface area contributed by atoms with Crippen molar-refractivity contribution in [3.63, 3.8) is 0 Å². The predicted octanol–water partition coefficient (Wildman–Crippen LogP) is 4.74. The summed E-state index contributed by atoms with van der Waals surface area (Å²) in [5.74, 6) is 0. The molecule has 2 aromatic rings. The third-order valence-corrected chi connectivity index (χ3v) is 2.57. The average molecular weight is 423 g/mol. The van der Waals surface area contributed by atoms with Crippen molar-refractivity contribution in [2.45, 2.75) is 26.2 Å². The van der Waals surface area contributed by atoms with Gasteiger partial charge in [-0.05, 0) is 0 Å². The fourth-order valence-corrected chi connectivity index (χ4v) is 1.80. The zero-order chi connectivity index (χ0) is 9.10. The Morgan fingerprint density at radius 2 is 1.75 bits per heavy atom. The molecule has 0 heterocycles. The van der Waals surface area contributed by atoms with Gasteiger partial charge in [-0.1, -0.05) is 32.3 Å². The van der Waals surface area contributed by atoms with Crippen LogP contribution in [0.4, 0.5) is 0 Å². The zero-order valence-corrected chi connectivity index (χ0v) is 14.6. The summed E-state index contributed by atoms with van der Waals surface area (Å²) in [5.41, 5.74) is 1.51. The van der Waals surface area contributed by atoms with Crippen LogP contribution in [0, 0.1) is 0 Å². The van der Waals surface area contributed by atoms with Crippen molar-refractivity contribution in [1.82, 2.24) is 0 Å². The van der Waals surface area contributed by atoms with E-state index in [1.54, 1.807) is 0 Å². The maximum atomic E-state index is 2.26. The molecule has 0 amide bonds. The maximum Gasteiger partial charge on any atom is 0 e. The molecule has 0 aromatic heterocycles. The fourth-order valence-electron chi connectivity index (χ4n) is 1.80. The minimum absolute atomic E-state index is 0. The molecule has 0 radical (unpaired) electrons. The molecule has 2 aromatic carbocycles. The van der Waals surface area contributed by atoms with Crippen LogP contribution in [-0.2, 0) is 32.3 Å². The van der Waals surface area contributed by atoms with Gasteiger partial charge in [0.1, 0.15) is 0 Å². The normalized spacial score (nSPS) is 8.81. The van der Waals surface area contributed by atoms with Crippen LogP contribution in [0.5, 0.6) is 0 Å². The topological polar surface area (TPSA) is 0 Å². The van der Waals surface area contributed by atoms with Gasteiger partial charge in [0.15, 0.2) is 0 Å². The van der Waals surface area contributed by atoms with Crippen LogP contribution in [-0.4, -0.2) is 0 Å². The number of unbranched alkanes of at least 4 members (excludes halogenated alkanes) is 1. The molecule has 0 aliphatic rings. The SMILES string of the molecule is CCCC[c-]1ccc2ccccc21.Cl.Cl.[Hf]. The molecule has 0 aliphatic carbocycles. The summed E-state index contributed by atoms with van der Waals surface area (Å²) < 4.78 is 0. The van der Waals surface area contributed by atoms with E-state index in [0.717, 1.165) is 0 Å². The van der Waals surface area contributed by atoms with E-state index in [1.807, 2.05) is 0 Å². The summed E-state index contributed by atoms with van der Waals surface area (Å²) in [5, 5.41) is 2.82. The maximum absolute atomic E-state index is 2.26. The van der Waals surface area contributed by atoms with Crippen molar-refractivity contribution in [3.05, 3.63) is 42.0 Å². The number of benzene rings is 1. The zero-order valence-electron chi connectivity index (χ0n) is 9.40. The number of aryl methyl sites for hydroxylation is 1. The average Bonchev–Trinajstić information content (AvgIpc) is 2.58. The molecular weight excluding hydrogens is 406 g/mol. The number of fused-ring (bicyclic) bond motifs is 1. The summed E-state index contributed by atoms with van der Waals surface area (Å²) in [4.78, 5) is 0. The van der Waals surface area contributed by atoms with E-state index in [0.29, 0.717) is 0 Å². The molecule has 0 unspecified atom stereocenters. The molecule has 0 saturated carbocycles. The van der Waals surface area contributed by atoms with Gasteiger partial charge in [0.25, 0.3) is 0 Å². The second-order valence-corrected chi connectivity index (χ2v) is 3.55. The van der Waals surface area contributed by atoms with E-state index in [2.05, 4.69) is 43.3 Å². The van der Waals surface area contributed by atoms with Crippen LogP contribution in [0.1, 0.15) is 25.3 Å². The second kappa shape index (κ2) is 9.32. The molecule has 0 atom stereocenters. The smallest absolute Gasteiger partial charge is 0 e. The molecular formula is C13H17Cl2Hf-. The molecule has 0 saturated heterocycles. The first-order valence-electron chi connectivity index (χ1n) is 5.05. The van der Waals surface area contributed by atoms with E-state index in [1.165, 1.54) is 35.6 Å². The van der Waals surface area contributed by atoms with Gasteiger partial charge >= 0.3 is 0 Å². The van der Waals surface area contributed by atoms with Gasteiger partial charge in [-0.15, -0.1) is 65.4 Å². The van der Waals surface area contributed by atoms with Crippen LogP contribution in [0.15, 0.2) is 36.4 Å². The standard InChI is InChI=1S/C13H15.2ClH.Hf/c1-2-3-6-11-9-10-12-7-4-5-8-13(11)12;;;/h4-5,7-10H,2-3,6H2,1H3;2*1H;/q-1;;;. The number of hydrogen-bond acceptors (Lipinski definition) is 0. The van der Waals surface area contributed by atoms with Gasteiger partial charge in [0.2, 0.25) is 0 Å². The summed E-state index contributed by atoms with van der Waals surface area (Å²) in [6.07, 6.45) is 3.80. The number of halogens is 2. The van der Waals surface area contributed by atoms with E-state index in [4.69, 9.17) is 0 Å². The summed E-state index contributed by atoms with van der Waals surface area (Å²) >= 11 is 0. The molecule has 0 fully saturated rings. The third kappa shape index (κ3) is 4.27. The van der Waals surface area contributed by atoms with Crippen molar-refractivity contribution < 1.29 is 25.8 Å². The van der Waals surface area contributed by atoms with Gasteiger partial charge in [-0.3, -0.25) is 0 Å². The first-order valence-corrected chi connectivity index (χ1v) is 5.05. The second-order valence-electron chi connectivity index (χ2n) is 3.55. The molecule has 16 heavy (non-hydrogen) atoms. The van der Waals surface area contributed by atoms with Gasteiger partial charge in [0, 0.05) is 25.8 Å². The van der Waals surface area contributed by atoms with Crippen LogP contribution in [0.3, 0.4) is 0 Å². The molecule has 0 N–H and O–H groups in total. The molecule has 3 heteroatoms. The monoisotopic (exact) mass is 423 g/mol. The van der Waals surface area contributed by atoms with Crippen LogP contribution >= 0.6 is 24.8 Å². The van der Waals surface area contributed by atoms with Crippen LogP contribution in [0.2, 0.25) is 0 Å². The predicted molar refractivity (Wildman–Crippen MR) is 72.6 cm³/mol. The van der Waals surface area contributed by atoms with E-state index >= 15 is 0 Å². The molecule has 2 rings (SSSR count). The first kappa shape index (κ1) is 18.6. The minimum Gasteiger partial charge on any atom is -0.168 e. The summed E-state index contributed by atoms with van der Waals surface area (Å²) in [6.45, 7) is 2.24. The number of rotatable bonds is 3. The van der Waals surface area contributed by atoms with Crippen molar-refractivity contribution in [3.8, 4) is 0 Å². The van der Waals surface area contributed by atoms with Crippen molar-refractivity contribution in [1.29, 1.82) is 0 Å². The Labute approximate surface area is 129 Å². The van der Waals surface area contributed by atoms with Gasteiger partial charge in [0.05, 0.1) is 0 Å². The fraction of sp³-hybridized carbons (Fsp3) is 0.308. The Bertz CT molecular complexity index is 395. The van der Waals surface area contributed by atoms with Crippen molar-refractivity contribution >= 4 is 35.6 Å². The molecule has 0 spiro atoms. The Kier molecular flexibility index (Phi) is 10.9. The Morgan fingerprint density at radius 1 is 1.06 bits per heavy atom. The van der Waals surface area contributed by atoms with Crippen molar-refractivity contribution in [2.24, 2.45) is 0 Å². The number of hydrogen-bond donors (Lipinski definition) is 0. The largest absolute Gasteiger partial charge is 0.168 e. The van der Waals surface area contributed by atoms with E-state index in [9.17, 15) is 0 Å². The van der Waals surface area contributed by atoms with Crippen LogP contribution in [0.25, 0.3) is 10.8 Å². The summed E-state index contributed by atoms with van der Waals surface area (Å²) in [7, 11) is 0. The molecule has 0 aliphatic heterocycles. The molecule has 0 nitrogen and oxygen atoms in total. The van der Waals surface area contributed by atoms with Gasteiger partial charge < -0.3 is 0 Å². The Morgan fingerprint density at radius 3 is 2.44 bits per heavy atom.